The van der Waals surface area contributed by atoms with Gasteiger partial charge < -0.3 is 10.1 Å². The second-order valence-electron chi connectivity index (χ2n) is 7.29. The molecule has 0 aliphatic heterocycles. The number of hydrogen-bond donors (Lipinski definition) is 1. The van der Waals surface area contributed by atoms with Crippen LogP contribution in [0.3, 0.4) is 0 Å². The summed E-state index contributed by atoms with van der Waals surface area (Å²) in [6, 6.07) is 9.12. The highest BCUT2D eigenvalue weighted by atomic mass is 32.2. The Labute approximate surface area is 176 Å². The van der Waals surface area contributed by atoms with Crippen molar-refractivity contribution >= 4 is 23.6 Å². The van der Waals surface area contributed by atoms with E-state index in [1.165, 1.54) is 25.3 Å². The van der Waals surface area contributed by atoms with E-state index < -0.39 is 10.8 Å². The van der Waals surface area contributed by atoms with E-state index in [2.05, 4.69) is 17.3 Å². The van der Waals surface area contributed by atoms with Crippen LogP contribution in [0.1, 0.15) is 61.4 Å². The average molecular weight is 416 g/mol. The van der Waals surface area contributed by atoms with Gasteiger partial charge in [0.15, 0.2) is 0 Å². The number of ether oxygens (including phenoxy) is 1. The van der Waals surface area contributed by atoms with Crippen LogP contribution >= 0.6 is 11.8 Å². The summed E-state index contributed by atoms with van der Waals surface area (Å²) < 4.78 is 6.69. The second kappa shape index (κ2) is 9.96. The van der Waals surface area contributed by atoms with Crippen LogP contribution in [0.15, 0.2) is 42.7 Å². The molecule has 1 aromatic carbocycles. The smallest absolute Gasteiger partial charge is 0.338 e. The normalized spacial score (nSPS) is 16.8. The van der Waals surface area contributed by atoms with Crippen molar-refractivity contribution in [1.29, 1.82) is 0 Å². The summed E-state index contributed by atoms with van der Waals surface area (Å²) in [5.74, 6) is 0.149. The first-order chi connectivity index (χ1) is 14.1. The number of carbonyl (C=O) groups excluding carboxylic acids is 2. The van der Waals surface area contributed by atoms with Gasteiger partial charge in [-0.3, -0.25) is 4.79 Å². The summed E-state index contributed by atoms with van der Waals surface area (Å²) in [6.07, 6.45) is 9.78. The van der Waals surface area contributed by atoms with Gasteiger partial charge in [0.05, 0.1) is 12.7 Å². The monoisotopic (exact) mass is 415 g/mol. The van der Waals surface area contributed by atoms with Crippen molar-refractivity contribution in [2.75, 3.05) is 12.9 Å². The van der Waals surface area contributed by atoms with Crippen molar-refractivity contribution in [1.82, 2.24) is 15.1 Å². The van der Waals surface area contributed by atoms with Crippen LogP contribution in [0.25, 0.3) is 0 Å². The van der Waals surface area contributed by atoms with Crippen LogP contribution in [-0.4, -0.2) is 40.6 Å². The number of esters is 1. The lowest BCUT2D eigenvalue weighted by atomic mass is 9.94. The highest BCUT2D eigenvalue weighted by molar-refractivity contribution is 8.00. The molecule has 0 radical (unpaired) electrons. The molecular weight excluding hydrogens is 386 g/mol. The molecule has 1 saturated carbocycles. The number of methoxy groups -OCH3 is 1. The largest absolute Gasteiger partial charge is 0.465 e. The highest BCUT2D eigenvalue weighted by Gasteiger charge is 2.46. The topological polar surface area (TPSA) is 73.2 Å². The van der Waals surface area contributed by atoms with Gasteiger partial charge in [-0.05, 0) is 37.1 Å². The van der Waals surface area contributed by atoms with Crippen LogP contribution in [0.5, 0.6) is 0 Å². The third kappa shape index (κ3) is 4.50. The Morgan fingerprint density at radius 2 is 2.00 bits per heavy atom. The number of nitrogens with one attached hydrogen (secondary N) is 1. The maximum atomic E-state index is 13.9. The molecule has 1 aliphatic rings. The lowest BCUT2D eigenvalue weighted by molar-refractivity contribution is -0.125. The van der Waals surface area contributed by atoms with Crippen molar-refractivity contribution in [3.8, 4) is 0 Å². The SMILES string of the molecule is CCCS[C@](C(=O)NC1CCCCC1)(c1ccccc1C(=O)OC)n1cccn1. The summed E-state index contributed by atoms with van der Waals surface area (Å²) in [4.78, 5) is 25.2. The van der Waals surface area contributed by atoms with Gasteiger partial charge in [0.25, 0.3) is 5.91 Å². The molecule has 2 aromatic rings. The van der Waals surface area contributed by atoms with Crippen molar-refractivity contribution in [3.05, 3.63) is 53.9 Å². The molecule has 0 saturated heterocycles. The molecule has 1 aliphatic carbocycles. The molecule has 29 heavy (non-hydrogen) atoms. The van der Waals surface area contributed by atoms with E-state index in [0.29, 0.717) is 11.1 Å². The molecule has 7 heteroatoms. The fraction of sp³-hybridized carbons (Fsp3) is 0.500. The van der Waals surface area contributed by atoms with Crippen LogP contribution < -0.4 is 5.32 Å². The molecule has 3 rings (SSSR count). The number of nitrogens with zero attached hydrogens (tertiary/aromatic N) is 2. The zero-order chi connectivity index (χ0) is 20.7. The van der Waals surface area contributed by atoms with Crippen molar-refractivity contribution in [2.45, 2.75) is 56.4 Å². The summed E-state index contributed by atoms with van der Waals surface area (Å²) in [7, 11) is 1.36. The number of aromatic nitrogens is 2. The molecule has 1 aromatic heterocycles. The van der Waals surface area contributed by atoms with Crippen molar-refractivity contribution < 1.29 is 14.3 Å². The van der Waals surface area contributed by atoms with Gasteiger partial charge in [0.2, 0.25) is 4.87 Å². The number of rotatable bonds is 8. The van der Waals surface area contributed by atoms with E-state index in [4.69, 9.17) is 4.74 Å². The summed E-state index contributed by atoms with van der Waals surface area (Å²) >= 11 is 1.50. The Bertz CT molecular complexity index is 818. The first-order valence-corrected chi connectivity index (χ1v) is 11.2. The number of hydrogen-bond acceptors (Lipinski definition) is 5. The Hall–Kier alpha value is -2.28. The van der Waals surface area contributed by atoms with E-state index >= 15 is 0 Å². The van der Waals surface area contributed by atoms with Crippen LogP contribution in [0, 0.1) is 0 Å². The maximum absolute atomic E-state index is 13.9. The van der Waals surface area contributed by atoms with Gasteiger partial charge in [0.1, 0.15) is 0 Å². The summed E-state index contributed by atoms with van der Waals surface area (Å²) in [5, 5.41) is 7.71. The predicted octanol–water partition coefficient (Wildman–Crippen LogP) is 3.96. The summed E-state index contributed by atoms with van der Waals surface area (Å²) in [6.45, 7) is 2.08. The van der Waals surface area contributed by atoms with Gasteiger partial charge in [-0.2, -0.15) is 5.10 Å². The molecule has 6 nitrogen and oxygen atoms in total. The van der Waals surface area contributed by atoms with Crippen molar-refractivity contribution in [3.63, 3.8) is 0 Å². The Morgan fingerprint density at radius 3 is 2.66 bits per heavy atom. The zero-order valence-corrected chi connectivity index (χ0v) is 17.9. The lowest BCUT2D eigenvalue weighted by Crippen LogP contribution is -2.52. The molecule has 1 heterocycles. The number of amides is 1. The highest BCUT2D eigenvalue weighted by Crippen LogP contribution is 2.41. The van der Waals surface area contributed by atoms with E-state index in [9.17, 15) is 9.59 Å². The summed E-state index contributed by atoms with van der Waals surface area (Å²) in [5.41, 5.74) is 0.982. The van der Waals surface area contributed by atoms with Gasteiger partial charge in [0, 0.05) is 24.0 Å². The van der Waals surface area contributed by atoms with Crippen LogP contribution in [0.2, 0.25) is 0 Å². The van der Waals surface area contributed by atoms with E-state index in [-0.39, 0.29) is 11.9 Å². The molecule has 0 bridgehead atoms. The average Bonchev–Trinajstić information content (AvgIpc) is 3.30. The fourth-order valence-corrected chi connectivity index (χ4v) is 5.12. The second-order valence-corrected chi connectivity index (χ2v) is 8.58. The standard InChI is InChI=1S/C22H29N3O3S/c1-3-16-29-22(25-15-9-14-23-25,21(27)24-17-10-5-4-6-11-17)19-13-8-7-12-18(19)20(26)28-2/h7-9,12-15,17H,3-6,10-11,16H2,1-2H3,(H,24,27)/t22-/m0/s1. The Balaban J connectivity index is 2.12. The first kappa shape index (κ1) is 21.4. The Morgan fingerprint density at radius 1 is 1.24 bits per heavy atom. The quantitative estimate of drug-likeness (QED) is 0.661. The van der Waals surface area contributed by atoms with Crippen molar-refractivity contribution in [2.24, 2.45) is 0 Å². The maximum Gasteiger partial charge on any atom is 0.338 e. The fourth-order valence-electron chi connectivity index (χ4n) is 3.86. The van der Waals surface area contributed by atoms with E-state index in [1.54, 1.807) is 35.3 Å². The minimum atomic E-state index is -1.18. The first-order valence-electron chi connectivity index (χ1n) is 10.3. The molecular formula is C22H29N3O3S. The van der Waals surface area contributed by atoms with Crippen LogP contribution in [0.4, 0.5) is 0 Å². The number of benzene rings is 1. The molecule has 1 N–H and O–H groups in total. The third-order valence-electron chi connectivity index (χ3n) is 5.29. The molecule has 0 spiro atoms. The Kier molecular flexibility index (Phi) is 7.36. The molecule has 1 fully saturated rings. The van der Waals surface area contributed by atoms with E-state index in [1.807, 2.05) is 12.1 Å². The number of carbonyl (C=O) groups is 2. The van der Waals surface area contributed by atoms with Gasteiger partial charge in [-0.25, -0.2) is 9.48 Å². The minimum absolute atomic E-state index is 0.136. The molecule has 0 unspecified atom stereocenters. The number of thioether (sulfide) groups is 1. The lowest BCUT2D eigenvalue weighted by Gasteiger charge is -2.36. The zero-order valence-electron chi connectivity index (χ0n) is 17.1. The van der Waals surface area contributed by atoms with Gasteiger partial charge in [-0.1, -0.05) is 44.4 Å². The van der Waals surface area contributed by atoms with E-state index in [0.717, 1.165) is 37.9 Å². The van der Waals surface area contributed by atoms with Gasteiger partial charge >= 0.3 is 5.97 Å². The molecule has 1 atom stereocenters. The molecule has 1 amide bonds. The van der Waals surface area contributed by atoms with Crippen LogP contribution in [-0.2, 0) is 14.4 Å². The minimum Gasteiger partial charge on any atom is -0.465 e. The molecule has 156 valence electrons. The predicted molar refractivity (Wildman–Crippen MR) is 115 cm³/mol. The third-order valence-corrected chi connectivity index (χ3v) is 6.91. The van der Waals surface area contributed by atoms with Gasteiger partial charge in [-0.15, -0.1) is 11.8 Å².